The number of amides is 2. The molecule has 2 aromatic carbocycles. The second-order valence-corrected chi connectivity index (χ2v) is 6.33. The fourth-order valence-corrected chi connectivity index (χ4v) is 2.27. The van der Waals surface area contributed by atoms with Gasteiger partial charge >= 0.3 is 6.03 Å². The van der Waals surface area contributed by atoms with Gasteiger partial charge in [0.2, 0.25) is 0 Å². The minimum Gasteiger partial charge on any atom is -0.497 e. The normalized spacial score (nSPS) is 10.8. The number of carbonyl (C=O) groups is 1. The van der Waals surface area contributed by atoms with Crippen LogP contribution in [0.25, 0.3) is 12.2 Å². The highest BCUT2D eigenvalue weighted by atomic mass is 16.5. The first kappa shape index (κ1) is 19.4. The third kappa shape index (κ3) is 6.16. The van der Waals surface area contributed by atoms with Crippen LogP contribution in [0.2, 0.25) is 0 Å². The van der Waals surface area contributed by atoms with Crippen LogP contribution in [0.4, 0.5) is 10.5 Å². The van der Waals surface area contributed by atoms with Crippen LogP contribution < -0.4 is 20.1 Å². The topological polar surface area (TPSA) is 59.6 Å². The van der Waals surface area contributed by atoms with E-state index in [9.17, 15) is 4.79 Å². The van der Waals surface area contributed by atoms with Crippen LogP contribution in [0.3, 0.4) is 0 Å². The predicted molar refractivity (Wildman–Crippen MR) is 107 cm³/mol. The predicted octanol–water partition coefficient (Wildman–Crippen LogP) is 4.65. The van der Waals surface area contributed by atoms with Gasteiger partial charge in [-0.3, -0.25) is 0 Å². The lowest BCUT2D eigenvalue weighted by Gasteiger charge is -2.09. The van der Waals surface area contributed by atoms with E-state index in [-0.39, 0.29) is 6.03 Å². The zero-order chi connectivity index (χ0) is 18.9. The summed E-state index contributed by atoms with van der Waals surface area (Å²) in [6, 6.07) is 13.2. The number of carbonyl (C=O) groups excluding carboxylic acids is 1. The molecule has 0 spiro atoms. The molecule has 26 heavy (non-hydrogen) atoms. The van der Waals surface area contributed by atoms with Crippen molar-refractivity contribution in [2.45, 2.75) is 13.8 Å². The molecule has 0 aliphatic carbocycles. The Balaban J connectivity index is 2.00. The Hall–Kier alpha value is -2.95. The van der Waals surface area contributed by atoms with Crippen molar-refractivity contribution in [3.8, 4) is 11.5 Å². The van der Waals surface area contributed by atoms with Gasteiger partial charge in [-0.1, -0.05) is 38.1 Å². The maximum Gasteiger partial charge on any atom is 0.319 e. The fraction of sp³-hybridized carbons (Fsp3) is 0.286. The molecular weight excluding hydrogens is 328 g/mol. The molecule has 2 aromatic rings. The van der Waals surface area contributed by atoms with Gasteiger partial charge in [0.05, 0.1) is 14.2 Å². The van der Waals surface area contributed by atoms with Crippen LogP contribution in [-0.2, 0) is 0 Å². The number of nitrogens with one attached hydrogen (secondary N) is 2. The molecule has 0 saturated carbocycles. The van der Waals surface area contributed by atoms with E-state index in [2.05, 4.69) is 24.5 Å². The molecule has 0 atom stereocenters. The average molecular weight is 354 g/mol. The molecule has 0 aliphatic rings. The molecule has 5 nitrogen and oxygen atoms in total. The Morgan fingerprint density at radius 2 is 1.54 bits per heavy atom. The molecule has 138 valence electrons. The van der Waals surface area contributed by atoms with Crippen LogP contribution in [0.5, 0.6) is 11.5 Å². The third-order valence-corrected chi connectivity index (χ3v) is 3.68. The Kier molecular flexibility index (Phi) is 7.09. The minimum absolute atomic E-state index is 0.189. The number of ether oxygens (including phenoxy) is 2. The first-order valence-electron chi connectivity index (χ1n) is 8.56. The summed E-state index contributed by atoms with van der Waals surface area (Å²) in [7, 11) is 3.26. The summed E-state index contributed by atoms with van der Waals surface area (Å²) in [5, 5.41) is 5.65. The summed E-state index contributed by atoms with van der Waals surface area (Å²) >= 11 is 0. The molecule has 2 amide bonds. The second-order valence-electron chi connectivity index (χ2n) is 6.33. The van der Waals surface area contributed by atoms with Gasteiger partial charge in [-0.05, 0) is 41.3 Å². The molecule has 0 unspecified atom stereocenters. The number of rotatable bonds is 7. The van der Waals surface area contributed by atoms with Gasteiger partial charge in [0.15, 0.2) is 0 Å². The third-order valence-electron chi connectivity index (χ3n) is 3.68. The molecule has 5 heteroatoms. The maximum absolute atomic E-state index is 11.8. The molecule has 0 radical (unpaired) electrons. The molecule has 0 aromatic heterocycles. The van der Waals surface area contributed by atoms with E-state index in [1.165, 1.54) is 0 Å². The van der Waals surface area contributed by atoms with Crippen molar-refractivity contribution in [1.82, 2.24) is 5.32 Å². The van der Waals surface area contributed by atoms with Crippen molar-refractivity contribution >= 4 is 23.9 Å². The van der Waals surface area contributed by atoms with E-state index >= 15 is 0 Å². The summed E-state index contributed by atoms with van der Waals surface area (Å²) in [5.74, 6) is 1.91. The smallest absolute Gasteiger partial charge is 0.319 e. The number of urea groups is 1. The number of methoxy groups -OCH3 is 2. The van der Waals surface area contributed by atoms with E-state index in [4.69, 9.17) is 9.47 Å². The van der Waals surface area contributed by atoms with Gasteiger partial charge in [-0.25, -0.2) is 4.79 Å². The number of hydrogen-bond acceptors (Lipinski definition) is 3. The summed E-state index contributed by atoms with van der Waals surface area (Å²) in [5.41, 5.74) is 2.77. The number of hydrogen-bond donors (Lipinski definition) is 2. The Morgan fingerprint density at radius 3 is 2.08 bits per heavy atom. The molecule has 0 heterocycles. The summed E-state index contributed by atoms with van der Waals surface area (Å²) in [6.45, 7) is 4.76. The lowest BCUT2D eigenvalue weighted by Crippen LogP contribution is -2.31. The van der Waals surface area contributed by atoms with Crippen LogP contribution >= 0.6 is 0 Å². The van der Waals surface area contributed by atoms with Gasteiger partial charge in [-0.15, -0.1) is 0 Å². The largest absolute Gasteiger partial charge is 0.497 e. The second kappa shape index (κ2) is 9.51. The van der Waals surface area contributed by atoms with E-state index in [0.717, 1.165) is 28.3 Å². The Labute approximate surface area is 155 Å². The van der Waals surface area contributed by atoms with Crippen LogP contribution in [0, 0.1) is 5.92 Å². The van der Waals surface area contributed by atoms with E-state index < -0.39 is 0 Å². The molecule has 0 aliphatic heterocycles. The van der Waals surface area contributed by atoms with Gasteiger partial charge in [0, 0.05) is 18.3 Å². The highest BCUT2D eigenvalue weighted by Crippen LogP contribution is 2.24. The van der Waals surface area contributed by atoms with Gasteiger partial charge < -0.3 is 20.1 Å². The summed E-state index contributed by atoms with van der Waals surface area (Å²) in [4.78, 5) is 11.8. The Bertz CT molecular complexity index is 730. The number of benzene rings is 2. The molecule has 2 N–H and O–H groups in total. The lowest BCUT2D eigenvalue weighted by atomic mass is 10.1. The zero-order valence-corrected chi connectivity index (χ0v) is 15.7. The van der Waals surface area contributed by atoms with Crippen LogP contribution in [0.1, 0.15) is 25.0 Å². The monoisotopic (exact) mass is 354 g/mol. The summed E-state index contributed by atoms with van der Waals surface area (Å²) < 4.78 is 10.6. The van der Waals surface area contributed by atoms with Crippen molar-refractivity contribution in [2.24, 2.45) is 5.92 Å². The van der Waals surface area contributed by atoms with Crippen molar-refractivity contribution in [3.05, 3.63) is 53.6 Å². The molecule has 0 saturated heterocycles. The van der Waals surface area contributed by atoms with Gasteiger partial charge in [0.1, 0.15) is 11.5 Å². The average Bonchev–Trinajstić information content (AvgIpc) is 2.65. The van der Waals surface area contributed by atoms with Gasteiger partial charge in [-0.2, -0.15) is 0 Å². The first-order chi connectivity index (χ1) is 12.5. The molecule has 2 rings (SSSR count). The minimum atomic E-state index is -0.189. The van der Waals surface area contributed by atoms with Crippen LogP contribution in [0.15, 0.2) is 42.5 Å². The SMILES string of the molecule is COc1cc(/C=C/c2ccc(NC(=O)NCC(C)C)cc2)cc(OC)c1. The Morgan fingerprint density at radius 1 is 0.962 bits per heavy atom. The summed E-state index contributed by atoms with van der Waals surface area (Å²) in [6.07, 6.45) is 3.99. The van der Waals surface area contributed by atoms with E-state index in [1.807, 2.05) is 54.6 Å². The molecule has 0 fully saturated rings. The fourth-order valence-electron chi connectivity index (χ4n) is 2.27. The maximum atomic E-state index is 11.8. The van der Waals surface area contributed by atoms with Gasteiger partial charge in [0.25, 0.3) is 0 Å². The molecular formula is C21H26N2O3. The van der Waals surface area contributed by atoms with E-state index in [1.54, 1.807) is 14.2 Å². The number of anilines is 1. The quantitative estimate of drug-likeness (QED) is 0.712. The lowest BCUT2D eigenvalue weighted by molar-refractivity contribution is 0.251. The van der Waals surface area contributed by atoms with Crippen molar-refractivity contribution < 1.29 is 14.3 Å². The van der Waals surface area contributed by atoms with Crippen molar-refractivity contribution in [3.63, 3.8) is 0 Å². The highest BCUT2D eigenvalue weighted by Gasteiger charge is 2.02. The van der Waals surface area contributed by atoms with Crippen molar-refractivity contribution in [2.75, 3.05) is 26.1 Å². The molecule has 0 bridgehead atoms. The first-order valence-corrected chi connectivity index (χ1v) is 8.56. The standard InChI is InChI=1S/C21H26N2O3/c1-15(2)14-22-21(24)23-18-9-7-16(8-10-18)5-6-17-11-19(25-3)13-20(12-17)26-4/h5-13,15H,14H2,1-4H3,(H2,22,23,24)/b6-5+. The highest BCUT2D eigenvalue weighted by molar-refractivity contribution is 5.89. The van der Waals surface area contributed by atoms with Crippen molar-refractivity contribution in [1.29, 1.82) is 0 Å². The van der Waals surface area contributed by atoms with E-state index in [0.29, 0.717) is 12.5 Å². The zero-order valence-electron chi connectivity index (χ0n) is 15.7. The van der Waals surface area contributed by atoms with Crippen LogP contribution in [-0.4, -0.2) is 26.8 Å².